The van der Waals surface area contributed by atoms with Gasteiger partial charge in [-0.2, -0.15) is 4.98 Å². The quantitative estimate of drug-likeness (QED) is 0.571. The Labute approximate surface area is 156 Å². The highest BCUT2D eigenvalue weighted by atomic mass is 35.5. The van der Waals surface area contributed by atoms with Crippen LogP contribution >= 0.6 is 12.4 Å². The summed E-state index contributed by atoms with van der Waals surface area (Å²) in [5, 5.41) is 16.1. The maximum atomic E-state index is 11.7. The summed E-state index contributed by atoms with van der Waals surface area (Å²) in [5.74, 6) is 0.612. The summed E-state index contributed by atoms with van der Waals surface area (Å²) in [4.78, 5) is 20.6. The van der Waals surface area contributed by atoms with Crippen molar-refractivity contribution in [2.45, 2.75) is 0 Å². The zero-order valence-corrected chi connectivity index (χ0v) is 14.9. The van der Waals surface area contributed by atoms with Crippen molar-refractivity contribution in [1.82, 2.24) is 9.97 Å². The van der Waals surface area contributed by atoms with Gasteiger partial charge in [0.1, 0.15) is 5.82 Å². The number of rotatable bonds is 6. The molecular formula is C18H19ClN4O3. The van der Waals surface area contributed by atoms with Gasteiger partial charge in [0.25, 0.3) is 0 Å². The number of carbonyl (C=O) groups is 1. The van der Waals surface area contributed by atoms with E-state index >= 15 is 0 Å². The van der Waals surface area contributed by atoms with E-state index in [1.807, 2.05) is 30.3 Å². The number of fused-ring (bicyclic) bond motifs is 1. The summed E-state index contributed by atoms with van der Waals surface area (Å²) >= 11 is 0. The molecule has 0 atom stereocenters. The molecular weight excluding hydrogens is 356 g/mol. The number of aliphatic hydroxyl groups excluding tert-OH is 1. The van der Waals surface area contributed by atoms with Gasteiger partial charge in [-0.1, -0.05) is 18.2 Å². The van der Waals surface area contributed by atoms with E-state index in [0.717, 1.165) is 10.9 Å². The van der Waals surface area contributed by atoms with Crippen molar-refractivity contribution in [3.63, 3.8) is 0 Å². The molecule has 1 heterocycles. The third-order valence-electron chi connectivity index (χ3n) is 3.55. The molecule has 2 aromatic carbocycles. The Kier molecular flexibility index (Phi) is 6.71. The van der Waals surface area contributed by atoms with E-state index in [9.17, 15) is 4.79 Å². The van der Waals surface area contributed by atoms with Crippen LogP contribution in [-0.4, -0.2) is 41.3 Å². The highest BCUT2D eigenvalue weighted by Crippen LogP contribution is 2.23. The highest BCUT2D eigenvalue weighted by molar-refractivity contribution is 5.91. The number of methoxy groups -OCH3 is 1. The van der Waals surface area contributed by atoms with Gasteiger partial charge in [0.2, 0.25) is 5.95 Å². The Bertz CT molecular complexity index is 904. The van der Waals surface area contributed by atoms with E-state index < -0.39 is 5.97 Å². The van der Waals surface area contributed by atoms with Gasteiger partial charge in [-0.15, -0.1) is 12.4 Å². The van der Waals surface area contributed by atoms with Crippen LogP contribution < -0.4 is 10.6 Å². The number of hydrogen-bond donors (Lipinski definition) is 3. The van der Waals surface area contributed by atoms with E-state index in [1.165, 1.54) is 7.11 Å². The number of halogens is 1. The first kappa shape index (κ1) is 19.4. The molecule has 0 aliphatic carbocycles. The first-order valence-electron chi connectivity index (χ1n) is 7.78. The van der Waals surface area contributed by atoms with E-state index in [2.05, 4.69) is 20.6 Å². The molecule has 0 bridgehead atoms. The topological polar surface area (TPSA) is 96.4 Å². The van der Waals surface area contributed by atoms with Crippen molar-refractivity contribution < 1.29 is 14.6 Å². The first-order valence-corrected chi connectivity index (χ1v) is 7.78. The van der Waals surface area contributed by atoms with Gasteiger partial charge >= 0.3 is 5.97 Å². The molecule has 136 valence electrons. The standard InChI is InChI=1S/C18H18N4O3.ClH/c1-25-17(24)12-5-4-6-13(11-12)20-18-21-15-8-3-2-7-14(15)16(22-18)19-9-10-23;/h2-8,11,23H,9-10H2,1H3,(H2,19,20,21,22);1H. The number of aliphatic hydroxyl groups is 1. The molecule has 0 amide bonds. The number of hydrogen-bond acceptors (Lipinski definition) is 7. The summed E-state index contributed by atoms with van der Waals surface area (Å²) in [7, 11) is 1.34. The molecule has 3 rings (SSSR count). The van der Waals surface area contributed by atoms with Crippen LogP contribution in [0.3, 0.4) is 0 Å². The van der Waals surface area contributed by atoms with Crippen LogP contribution in [0.25, 0.3) is 10.9 Å². The fourth-order valence-electron chi connectivity index (χ4n) is 2.41. The molecule has 0 radical (unpaired) electrons. The molecule has 26 heavy (non-hydrogen) atoms. The summed E-state index contributed by atoms with van der Waals surface area (Å²) in [6, 6.07) is 14.5. The number of esters is 1. The van der Waals surface area contributed by atoms with Crippen molar-refractivity contribution in [2.75, 3.05) is 30.9 Å². The number of benzene rings is 2. The number of ether oxygens (including phenoxy) is 1. The molecule has 8 heteroatoms. The van der Waals surface area contributed by atoms with Crippen LogP contribution in [0.15, 0.2) is 48.5 Å². The number of para-hydroxylation sites is 1. The Morgan fingerprint density at radius 3 is 2.73 bits per heavy atom. The van der Waals surface area contributed by atoms with Crippen LogP contribution in [0, 0.1) is 0 Å². The van der Waals surface area contributed by atoms with E-state index in [1.54, 1.807) is 18.2 Å². The largest absolute Gasteiger partial charge is 0.465 e. The molecule has 3 aromatic rings. The van der Waals surface area contributed by atoms with Crippen molar-refractivity contribution in [2.24, 2.45) is 0 Å². The molecule has 0 saturated heterocycles. The van der Waals surface area contributed by atoms with Gasteiger partial charge in [0, 0.05) is 17.6 Å². The van der Waals surface area contributed by atoms with Gasteiger partial charge in [-0.05, 0) is 30.3 Å². The second-order valence-electron chi connectivity index (χ2n) is 5.26. The minimum atomic E-state index is -0.409. The van der Waals surface area contributed by atoms with Crippen molar-refractivity contribution >= 4 is 46.7 Å². The Morgan fingerprint density at radius 1 is 1.15 bits per heavy atom. The zero-order chi connectivity index (χ0) is 17.6. The molecule has 0 aliphatic heterocycles. The number of carbonyl (C=O) groups excluding carboxylic acids is 1. The van der Waals surface area contributed by atoms with Crippen LogP contribution in [0.2, 0.25) is 0 Å². The average Bonchev–Trinajstić information content (AvgIpc) is 2.65. The van der Waals surface area contributed by atoms with Gasteiger partial charge in [-0.25, -0.2) is 9.78 Å². The maximum Gasteiger partial charge on any atom is 0.337 e. The molecule has 0 unspecified atom stereocenters. The lowest BCUT2D eigenvalue weighted by atomic mass is 10.2. The van der Waals surface area contributed by atoms with Crippen LogP contribution in [0.1, 0.15) is 10.4 Å². The summed E-state index contributed by atoms with van der Waals surface area (Å²) in [6.45, 7) is 0.389. The predicted octanol–water partition coefficient (Wildman–Crippen LogP) is 2.99. The number of nitrogens with zero attached hydrogens (tertiary/aromatic N) is 2. The molecule has 3 N–H and O–H groups in total. The molecule has 0 fully saturated rings. The molecule has 0 spiro atoms. The van der Waals surface area contributed by atoms with E-state index in [4.69, 9.17) is 9.84 Å². The minimum absolute atomic E-state index is 0. The lowest BCUT2D eigenvalue weighted by Crippen LogP contribution is -2.09. The second-order valence-corrected chi connectivity index (χ2v) is 5.26. The predicted molar refractivity (Wildman–Crippen MR) is 103 cm³/mol. The number of aromatic nitrogens is 2. The zero-order valence-electron chi connectivity index (χ0n) is 14.1. The Hall–Kier alpha value is -2.90. The third kappa shape index (κ3) is 4.38. The minimum Gasteiger partial charge on any atom is -0.465 e. The van der Waals surface area contributed by atoms with Crippen LogP contribution in [0.4, 0.5) is 17.5 Å². The molecule has 0 saturated carbocycles. The fourth-order valence-corrected chi connectivity index (χ4v) is 2.41. The first-order chi connectivity index (χ1) is 12.2. The highest BCUT2D eigenvalue weighted by Gasteiger charge is 2.09. The third-order valence-corrected chi connectivity index (χ3v) is 3.55. The normalized spacial score (nSPS) is 10.1. The Morgan fingerprint density at radius 2 is 1.96 bits per heavy atom. The second kappa shape index (κ2) is 8.98. The van der Waals surface area contributed by atoms with Crippen molar-refractivity contribution in [1.29, 1.82) is 0 Å². The number of nitrogens with one attached hydrogen (secondary N) is 2. The lowest BCUT2D eigenvalue weighted by molar-refractivity contribution is 0.0601. The molecule has 0 aliphatic rings. The van der Waals surface area contributed by atoms with E-state index in [0.29, 0.717) is 29.6 Å². The van der Waals surface area contributed by atoms with Gasteiger partial charge in [-0.3, -0.25) is 0 Å². The summed E-state index contributed by atoms with van der Waals surface area (Å²) in [6.07, 6.45) is 0. The molecule has 7 nitrogen and oxygen atoms in total. The Balaban J connectivity index is 0.00000243. The summed E-state index contributed by atoms with van der Waals surface area (Å²) in [5.41, 5.74) is 1.88. The fraction of sp³-hybridized carbons (Fsp3) is 0.167. The smallest absolute Gasteiger partial charge is 0.337 e. The average molecular weight is 375 g/mol. The van der Waals surface area contributed by atoms with Crippen LogP contribution in [-0.2, 0) is 4.74 Å². The monoisotopic (exact) mass is 374 g/mol. The summed E-state index contributed by atoms with van der Waals surface area (Å²) < 4.78 is 4.73. The van der Waals surface area contributed by atoms with Gasteiger partial charge in [0.15, 0.2) is 0 Å². The SMILES string of the molecule is COC(=O)c1cccc(Nc2nc(NCCO)c3ccccc3n2)c1.Cl. The van der Waals surface area contributed by atoms with Gasteiger partial charge < -0.3 is 20.5 Å². The number of anilines is 3. The van der Waals surface area contributed by atoms with Crippen LogP contribution in [0.5, 0.6) is 0 Å². The lowest BCUT2D eigenvalue weighted by Gasteiger charge is -2.11. The maximum absolute atomic E-state index is 11.7. The van der Waals surface area contributed by atoms with Crippen molar-refractivity contribution in [3.8, 4) is 0 Å². The van der Waals surface area contributed by atoms with E-state index in [-0.39, 0.29) is 19.0 Å². The van der Waals surface area contributed by atoms with Crippen molar-refractivity contribution in [3.05, 3.63) is 54.1 Å². The van der Waals surface area contributed by atoms with Gasteiger partial charge in [0.05, 0.1) is 24.8 Å². The molecule has 1 aromatic heterocycles.